The van der Waals surface area contributed by atoms with Crippen molar-refractivity contribution in [1.29, 1.82) is 0 Å². The highest BCUT2D eigenvalue weighted by Gasteiger charge is 2.52. The van der Waals surface area contributed by atoms with Crippen LogP contribution in [0.2, 0.25) is 0 Å². The Morgan fingerprint density at radius 3 is 2.30 bits per heavy atom. The first-order chi connectivity index (χ1) is 10.5. The number of aliphatic hydroxyl groups excluding tert-OH is 1. The molecule has 0 spiro atoms. The maximum Gasteiger partial charge on any atom is 0.492 e. The minimum atomic E-state index is -4.45. The molecule has 0 atom stereocenters. The lowest BCUT2D eigenvalue weighted by molar-refractivity contribution is -0.137. The second kappa shape index (κ2) is 5.92. The Balaban J connectivity index is 2.31. The molecule has 0 aliphatic carbocycles. The smallest absolute Gasteiger partial charge is 0.400 e. The Morgan fingerprint density at radius 2 is 1.83 bits per heavy atom. The van der Waals surface area contributed by atoms with Gasteiger partial charge in [-0.15, -0.1) is 0 Å². The van der Waals surface area contributed by atoms with Crippen molar-refractivity contribution in [3.63, 3.8) is 0 Å². The standard InChI is InChI=1S/C15H19BF3NO3/c1-13(2)14(3,4)23-16(22-13)11(9-21)8-12-7-10(5-6-20-12)15(17,18)19/h5-8,21H,9H2,1-4H3. The fraction of sp³-hybridized carbons (Fsp3) is 0.533. The number of aliphatic hydroxyl groups is 1. The Morgan fingerprint density at radius 1 is 1.26 bits per heavy atom. The van der Waals surface area contributed by atoms with E-state index in [1.807, 2.05) is 27.7 Å². The zero-order valence-corrected chi connectivity index (χ0v) is 13.4. The summed E-state index contributed by atoms with van der Waals surface area (Å²) in [6, 6.07) is 1.81. The van der Waals surface area contributed by atoms with Crippen molar-refractivity contribution in [2.45, 2.75) is 45.1 Å². The van der Waals surface area contributed by atoms with Gasteiger partial charge in [0.15, 0.2) is 0 Å². The molecule has 4 nitrogen and oxygen atoms in total. The first-order valence-electron chi connectivity index (χ1n) is 7.16. The number of aromatic nitrogens is 1. The third-order valence-corrected chi connectivity index (χ3v) is 4.18. The molecule has 1 aromatic heterocycles. The number of halogens is 3. The van der Waals surface area contributed by atoms with E-state index in [9.17, 15) is 18.3 Å². The summed E-state index contributed by atoms with van der Waals surface area (Å²) in [7, 11) is -0.832. The van der Waals surface area contributed by atoms with Gasteiger partial charge in [0.1, 0.15) is 0 Å². The molecule has 0 bridgehead atoms. The van der Waals surface area contributed by atoms with Crippen LogP contribution in [0, 0.1) is 0 Å². The van der Waals surface area contributed by atoms with Gasteiger partial charge in [-0.1, -0.05) is 0 Å². The summed E-state index contributed by atoms with van der Waals surface area (Å²) in [5, 5.41) is 9.54. The molecule has 0 unspecified atom stereocenters. The van der Waals surface area contributed by atoms with E-state index in [1.165, 1.54) is 6.08 Å². The highest BCUT2D eigenvalue weighted by molar-refractivity contribution is 6.55. The van der Waals surface area contributed by atoms with Crippen molar-refractivity contribution >= 4 is 13.2 Å². The van der Waals surface area contributed by atoms with Crippen LogP contribution in [0.4, 0.5) is 13.2 Å². The van der Waals surface area contributed by atoms with Crippen molar-refractivity contribution in [2.24, 2.45) is 0 Å². The van der Waals surface area contributed by atoms with E-state index >= 15 is 0 Å². The van der Waals surface area contributed by atoms with E-state index < -0.39 is 36.7 Å². The predicted octanol–water partition coefficient (Wildman–Crippen LogP) is 3.11. The number of rotatable bonds is 3. The largest absolute Gasteiger partial charge is 0.492 e. The molecule has 0 radical (unpaired) electrons. The van der Waals surface area contributed by atoms with Gasteiger partial charge in [-0.3, -0.25) is 4.98 Å². The summed E-state index contributed by atoms with van der Waals surface area (Å²) in [5.41, 5.74) is -1.61. The minimum Gasteiger partial charge on any atom is -0.400 e. The van der Waals surface area contributed by atoms with E-state index in [-0.39, 0.29) is 5.69 Å². The van der Waals surface area contributed by atoms with Gasteiger partial charge in [0.2, 0.25) is 0 Å². The molecule has 1 N–H and O–H groups in total. The Bertz CT molecular complexity index is 598. The van der Waals surface area contributed by atoms with Crippen molar-refractivity contribution in [3.8, 4) is 0 Å². The molecule has 1 fully saturated rings. The van der Waals surface area contributed by atoms with Crippen LogP contribution >= 0.6 is 0 Å². The van der Waals surface area contributed by atoms with Crippen LogP contribution < -0.4 is 0 Å². The van der Waals surface area contributed by atoms with E-state index in [0.717, 1.165) is 18.3 Å². The highest BCUT2D eigenvalue weighted by Crippen LogP contribution is 2.38. The SMILES string of the molecule is CC1(C)OB(C(=Cc2cc(C(F)(F)F)ccn2)CO)OC1(C)C. The molecular formula is C15H19BF3NO3. The fourth-order valence-corrected chi connectivity index (χ4v) is 2.08. The van der Waals surface area contributed by atoms with Crippen LogP contribution in [-0.2, 0) is 15.5 Å². The fourth-order valence-electron chi connectivity index (χ4n) is 2.08. The topological polar surface area (TPSA) is 51.6 Å². The number of hydrogen-bond donors (Lipinski definition) is 1. The number of nitrogens with zero attached hydrogens (tertiary/aromatic N) is 1. The average molecular weight is 329 g/mol. The normalized spacial score (nSPS) is 20.9. The maximum atomic E-state index is 12.7. The Labute approximate surface area is 133 Å². The van der Waals surface area contributed by atoms with Crippen LogP contribution in [0.15, 0.2) is 23.8 Å². The molecule has 0 saturated carbocycles. The van der Waals surface area contributed by atoms with Gasteiger partial charge in [0, 0.05) is 6.20 Å². The lowest BCUT2D eigenvalue weighted by Gasteiger charge is -2.32. The molecule has 1 aliphatic rings. The summed E-state index contributed by atoms with van der Waals surface area (Å²) in [5.74, 6) is 0. The van der Waals surface area contributed by atoms with Crippen LogP contribution in [0.3, 0.4) is 0 Å². The molecule has 2 heterocycles. The third-order valence-electron chi connectivity index (χ3n) is 4.18. The van der Waals surface area contributed by atoms with E-state index in [2.05, 4.69) is 4.98 Å². The summed E-state index contributed by atoms with van der Waals surface area (Å²) in [4.78, 5) is 3.89. The van der Waals surface area contributed by atoms with Gasteiger partial charge >= 0.3 is 13.3 Å². The van der Waals surface area contributed by atoms with Crippen LogP contribution in [0.5, 0.6) is 0 Å². The van der Waals surface area contributed by atoms with Gasteiger partial charge < -0.3 is 14.4 Å². The third kappa shape index (κ3) is 3.76. The number of hydrogen-bond acceptors (Lipinski definition) is 4. The van der Waals surface area contributed by atoms with Gasteiger partial charge in [-0.25, -0.2) is 0 Å². The quantitative estimate of drug-likeness (QED) is 0.866. The summed E-state index contributed by atoms with van der Waals surface area (Å²) < 4.78 is 49.8. The van der Waals surface area contributed by atoms with Crippen LogP contribution in [0.1, 0.15) is 39.0 Å². The second-order valence-corrected chi connectivity index (χ2v) is 6.43. The van der Waals surface area contributed by atoms with Crippen molar-refractivity contribution in [2.75, 3.05) is 6.61 Å². The molecule has 1 aromatic rings. The maximum absolute atomic E-state index is 12.7. The lowest BCUT2D eigenvalue weighted by atomic mass is 9.78. The minimum absolute atomic E-state index is 0.0820. The summed E-state index contributed by atoms with van der Waals surface area (Å²) in [6.45, 7) is 7.00. The van der Waals surface area contributed by atoms with Gasteiger partial charge in [-0.2, -0.15) is 13.2 Å². The molecule has 23 heavy (non-hydrogen) atoms. The summed E-state index contributed by atoms with van der Waals surface area (Å²) in [6.07, 6.45) is -2.01. The molecule has 1 aliphatic heterocycles. The Hall–Kier alpha value is -1.38. The predicted molar refractivity (Wildman–Crippen MR) is 80.4 cm³/mol. The Kier molecular flexibility index (Phi) is 4.63. The van der Waals surface area contributed by atoms with E-state index in [4.69, 9.17) is 9.31 Å². The van der Waals surface area contributed by atoms with Crippen molar-refractivity contribution in [1.82, 2.24) is 4.98 Å². The molecule has 8 heteroatoms. The zero-order valence-electron chi connectivity index (χ0n) is 13.4. The van der Waals surface area contributed by atoms with Crippen molar-refractivity contribution in [3.05, 3.63) is 35.1 Å². The lowest BCUT2D eigenvalue weighted by Crippen LogP contribution is -2.41. The number of pyridine rings is 1. The molecule has 126 valence electrons. The first-order valence-corrected chi connectivity index (χ1v) is 7.16. The zero-order chi connectivity index (χ0) is 17.5. The molecule has 0 aromatic carbocycles. The van der Waals surface area contributed by atoms with E-state index in [1.54, 1.807) is 0 Å². The van der Waals surface area contributed by atoms with Crippen LogP contribution in [0.25, 0.3) is 6.08 Å². The van der Waals surface area contributed by atoms with Gasteiger partial charge in [0.05, 0.1) is 29.1 Å². The monoisotopic (exact) mass is 329 g/mol. The number of alkyl halides is 3. The second-order valence-electron chi connectivity index (χ2n) is 6.43. The highest BCUT2D eigenvalue weighted by atomic mass is 19.4. The van der Waals surface area contributed by atoms with Gasteiger partial charge in [0.25, 0.3) is 0 Å². The average Bonchev–Trinajstić information content (AvgIpc) is 2.64. The van der Waals surface area contributed by atoms with Crippen LogP contribution in [-0.4, -0.2) is 35.0 Å². The molecular weight excluding hydrogens is 310 g/mol. The van der Waals surface area contributed by atoms with E-state index in [0.29, 0.717) is 5.47 Å². The van der Waals surface area contributed by atoms with Gasteiger partial charge in [-0.05, 0) is 51.4 Å². The van der Waals surface area contributed by atoms with Crippen molar-refractivity contribution < 1.29 is 27.6 Å². The molecule has 0 amide bonds. The first kappa shape index (κ1) is 18.0. The molecule has 1 saturated heterocycles. The summed E-state index contributed by atoms with van der Waals surface area (Å²) >= 11 is 0. The molecule has 2 rings (SSSR count).